The molecule has 0 radical (unpaired) electrons. The Morgan fingerprint density at radius 2 is 2.27 bits per heavy atom. The monoisotopic (exact) mass is 202 g/mol. The van der Waals surface area contributed by atoms with Gasteiger partial charge in [-0.05, 0) is 31.1 Å². The molecule has 0 amide bonds. The summed E-state index contributed by atoms with van der Waals surface area (Å²) in [5, 5.41) is 0. The number of carbonyl (C=O) groups is 1. The van der Waals surface area contributed by atoms with Crippen LogP contribution in [0.3, 0.4) is 0 Å². The van der Waals surface area contributed by atoms with Crippen molar-refractivity contribution in [1.29, 1.82) is 0 Å². The number of hydrogen-bond donors (Lipinski definition) is 0. The fourth-order valence-corrected chi connectivity index (χ4v) is 1.83. The normalized spacial score (nSPS) is 13.3. The standard InChI is InChI=1S/C13H14O2/c1-3-15-13(14)12-7-10-5-4-9(2)6-11(10)8-12/h4-7H,3,8H2,1-2H3. The fraction of sp³-hybridized carbons (Fsp3) is 0.308. The number of fused-ring (bicyclic) bond motifs is 1. The van der Waals surface area contributed by atoms with E-state index in [1.54, 1.807) is 0 Å². The molecule has 15 heavy (non-hydrogen) atoms. The molecule has 0 saturated carbocycles. The highest BCUT2D eigenvalue weighted by Gasteiger charge is 2.18. The van der Waals surface area contributed by atoms with Crippen molar-refractivity contribution < 1.29 is 9.53 Å². The van der Waals surface area contributed by atoms with E-state index in [4.69, 9.17) is 4.74 Å². The molecule has 2 nitrogen and oxygen atoms in total. The second-order valence-electron chi connectivity index (χ2n) is 3.77. The van der Waals surface area contributed by atoms with Crippen LogP contribution in [0.5, 0.6) is 0 Å². The van der Waals surface area contributed by atoms with Crippen LogP contribution in [0.4, 0.5) is 0 Å². The molecule has 0 N–H and O–H groups in total. The number of rotatable bonds is 2. The molecule has 0 saturated heterocycles. The van der Waals surface area contributed by atoms with Crippen molar-refractivity contribution >= 4 is 12.0 Å². The number of carbonyl (C=O) groups excluding carboxylic acids is 1. The van der Waals surface area contributed by atoms with Gasteiger partial charge in [-0.15, -0.1) is 0 Å². The summed E-state index contributed by atoms with van der Waals surface area (Å²) >= 11 is 0. The first-order valence-corrected chi connectivity index (χ1v) is 5.18. The predicted octanol–water partition coefficient (Wildman–Crippen LogP) is 2.50. The molecular formula is C13H14O2. The van der Waals surface area contributed by atoms with E-state index in [1.165, 1.54) is 11.1 Å². The highest BCUT2D eigenvalue weighted by Crippen LogP contribution is 2.26. The molecule has 2 heteroatoms. The fourth-order valence-electron chi connectivity index (χ4n) is 1.83. The van der Waals surface area contributed by atoms with E-state index in [-0.39, 0.29) is 5.97 Å². The van der Waals surface area contributed by atoms with Crippen LogP contribution in [-0.4, -0.2) is 12.6 Å². The highest BCUT2D eigenvalue weighted by molar-refractivity contribution is 5.96. The van der Waals surface area contributed by atoms with Gasteiger partial charge in [0.05, 0.1) is 6.61 Å². The molecule has 1 aromatic rings. The van der Waals surface area contributed by atoms with Crippen molar-refractivity contribution in [2.75, 3.05) is 6.61 Å². The average Bonchev–Trinajstić information content (AvgIpc) is 2.60. The van der Waals surface area contributed by atoms with Crippen LogP contribution in [-0.2, 0) is 16.0 Å². The molecule has 2 rings (SSSR count). The van der Waals surface area contributed by atoms with Gasteiger partial charge in [-0.25, -0.2) is 4.79 Å². The third kappa shape index (κ3) is 1.94. The van der Waals surface area contributed by atoms with Crippen molar-refractivity contribution in [2.45, 2.75) is 20.3 Å². The number of esters is 1. The van der Waals surface area contributed by atoms with Gasteiger partial charge in [-0.3, -0.25) is 0 Å². The van der Waals surface area contributed by atoms with Crippen LogP contribution >= 0.6 is 0 Å². The van der Waals surface area contributed by atoms with Gasteiger partial charge in [0, 0.05) is 12.0 Å². The van der Waals surface area contributed by atoms with Gasteiger partial charge in [0.1, 0.15) is 0 Å². The Labute approximate surface area is 89.6 Å². The average molecular weight is 202 g/mol. The summed E-state index contributed by atoms with van der Waals surface area (Å²) in [4.78, 5) is 11.5. The lowest BCUT2D eigenvalue weighted by atomic mass is 10.1. The molecular weight excluding hydrogens is 188 g/mol. The Balaban J connectivity index is 2.21. The molecule has 0 bridgehead atoms. The van der Waals surface area contributed by atoms with E-state index < -0.39 is 0 Å². The maximum atomic E-state index is 11.5. The van der Waals surface area contributed by atoms with Crippen LogP contribution in [0.25, 0.3) is 6.08 Å². The van der Waals surface area contributed by atoms with Gasteiger partial charge in [-0.2, -0.15) is 0 Å². The molecule has 0 spiro atoms. The van der Waals surface area contributed by atoms with E-state index in [2.05, 4.69) is 25.1 Å². The zero-order valence-corrected chi connectivity index (χ0v) is 9.04. The molecule has 0 fully saturated rings. The maximum Gasteiger partial charge on any atom is 0.334 e. The minimum absolute atomic E-state index is 0.189. The Hall–Kier alpha value is -1.57. The zero-order chi connectivity index (χ0) is 10.8. The van der Waals surface area contributed by atoms with Gasteiger partial charge in [0.25, 0.3) is 0 Å². The van der Waals surface area contributed by atoms with E-state index in [0.29, 0.717) is 13.0 Å². The van der Waals surface area contributed by atoms with E-state index in [1.807, 2.05) is 13.0 Å². The minimum Gasteiger partial charge on any atom is -0.463 e. The van der Waals surface area contributed by atoms with Crippen LogP contribution < -0.4 is 0 Å². The molecule has 0 aliphatic heterocycles. The summed E-state index contributed by atoms with van der Waals surface area (Å²) in [6, 6.07) is 6.23. The molecule has 0 atom stereocenters. The summed E-state index contributed by atoms with van der Waals surface area (Å²) in [5.74, 6) is -0.189. The molecule has 1 aliphatic rings. The lowest BCUT2D eigenvalue weighted by molar-refractivity contribution is -0.138. The Kier molecular flexibility index (Phi) is 2.58. The first kappa shape index (κ1) is 9.97. The van der Waals surface area contributed by atoms with Gasteiger partial charge in [0.2, 0.25) is 0 Å². The predicted molar refractivity (Wildman–Crippen MR) is 59.5 cm³/mol. The van der Waals surface area contributed by atoms with E-state index in [0.717, 1.165) is 11.1 Å². The summed E-state index contributed by atoms with van der Waals surface area (Å²) in [5.41, 5.74) is 4.35. The van der Waals surface area contributed by atoms with Crippen molar-refractivity contribution in [2.24, 2.45) is 0 Å². The van der Waals surface area contributed by atoms with Crippen molar-refractivity contribution in [1.82, 2.24) is 0 Å². The summed E-state index contributed by atoms with van der Waals surface area (Å²) < 4.78 is 4.98. The zero-order valence-electron chi connectivity index (χ0n) is 9.04. The molecule has 0 heterocycles. The van der Waals surface area contributed by atoms with Crippen LogP contribution in [0.1, 0.15) is 23.6 Å². The second kappa shape index (κ2) is 3.89. The summed E-state index contributed by atoms with van der Waals surface area (Å²) in [6.07, 6.45) is 2.63. The number of aryl methyl sites for hydroxylation is 1. The summed E-state index contributed by atoms with van der Waals surface area (Å²) in [7, 11) is 0. The second-order valence-corrected chi connectivity index (χ2v) is 3.77. The van der Waals surface area contributed by atoms with Crippen LogP contribution in [0.15, 0.2) is 23.8 Å². The van der Waals surface area contributed by atoms with Gasteiger partial charge < -0.3 is 4.74 Å². The molecule has 78 valence electrons. The number of ether oxygens (including phenoxy) is 1. The Bertz CT molecular complexity index is 430. The Morgan fingerprint density at radius 3 is 3.00 bits per heavy atom. The minimum atomic E-state index is -0.189. The highest BCUT2D eigenvalue weighted by atomic mass is 16.5. The van der Waals surface area contributed by atoms with Crippen LogP contribution in [0.2, 0.25) is 0 Å². The third-order valence-corrected chi connectivity index (χ3v) is 2.55. The number of hydrogen-bond acceptors (Lipinski definition) is 2. The Morgan fingerprint density at radius 1 is 1.47 bits per heavy atom. The molecule has 1 aromatic carbocycles. The summed E-state index contributed by atoms with van der Waals surface area (Å²) in [6.45, 7) is 4.32. The lowest BCUT2D eigenvalue weighted by Crippen LogP contribution is -2.07. The first-order valence-electron chi connectivity index (χ1n) is 5.18. The van der Waals surface area contributed by atoms with Crippen molar-refractivity contribution in [3.8, 4) is 0 Å². The van der Waals surface area contributed by atoms with Gasteiger partial charge >= 0.3 is 5.97 Å². The molecule has 0 aromatic heterocycles. The lowest BCUT2D eigenvalue weighted by Gasteiger charge is -2.01. The quantitative estimate of drug-likeness (QED) is 0.689. The van der Waals surface area contributed by atoms with Gasteiger partial charge in [-0.1, -0.05) is 23.8 Å². The largest absolute Gasteiger partial charge is 0.463 e. The van der Waals surface area contributed by atoms with Crippen LogP contribution in [0, 0.1) is 6.92 Å². The smallest absolute Gasteiger partial charge is 0.334 e. The maximum absolute atomic E-state index is 11.5. The molecule has 1 aliphatic carbocycles. The van der Waals surface area contributed by atoms with E-state index in [9.17, 15) is 4.79 Å². The number of benzene rings is 1. The van der Waals surface area contributed by atoms with Gasteiger partial charge in [0.15, 0.2) is 0 Å². The molecule has 0 unspecified atom stereocenters. The third-order valence-electron chi connectivity index (χ3n) is 2.55. The van der Waals surface area contributed by atoms with Crippen molar-refractivity contribution in [3.05, 3.63) is 40.5 Å². The van der Waals surface area contributed by atoms with E-state index >= 15 is 0 Å². The SMILES string of the molecule is CCOC(=O)C1=Cc2ccc(C)cc2C1. The topological polar surface area (TPSA) is 26.3 Å². The first-order chi connectivity index (χ1) is 7.20. The van der Waals surface area contributed by atoms with Crippen molar-refractivity contribution in [3.63, 3.8) is 0 Å².